The quantitative estimate of drug-likeness (QED) is 0.280. The number of anilines is 1. The van der Waals surface area contributed by atoms with Crippen molar-refractivity contribution in [3.05, 3.63) is 70.4 Å². The van der Waals surface area contributed by atoms with E-state index in [4.69, 9.17) is 16.3 Å². The molecule has 0 aliphatic carbocycles. The summed E-state index contributed by atoms with van der Waals surface area (Å²) in [7, 11) is 0. The molecule has 0 fully saturated rings. The molecule has 0 amide bonds. The lowest BCUT2D eigenvalue weighted by atomic mass is 10.2. The Balaban J connectivity index is 1.60. The molecule has 0 bridgehead atoms. The molecule has 16 heteroatoms. The van der Waals surface area contributed by atoms with Gasteiger partial charge in [-0.15, -0.1) is 10.2 Å². The zero-order valence-electron chi connectivity index (χ0n) is 22.1. The van der Waals surface area contributed by atoms with Gasteiger partial charge in [-0.3, -0.25) is 14.3 Å². The number of hydrogen-bond donors (Lipinski definition) is 2. The highest BCUT2D eigenvalue weighted by Crippen LogP contribution is 2.24. The van der Waals surface area contributed by atoms with Crippen molar-refractivity contribution >= 4 is 23.3 Å². The first kappa shape index (κ1) is 29.7. The average Bonchev–Trinajstić information content (AvgIpc) is 3.47. The number of pyridine rings is 1. The number of carbonyl (C=O) groups excluding carboxylic acids is 1. The molecule has 12 nitrogen and oxygen atoms in total. The Bertz CT molecular complexity index is 1580. The normalized spacial score (nSPS) is 12.8. The van der Waals surface area contributed by atoms with E-state index in [-0.39, 0.29) is 24.7 Å². The van der Waals surface area contributed by atoms with Crippen LogP contribution in [0.25, 0.3) is 17.1 Å². The summed E-state index contributed by atoms with van der Waals surface area (Å²) in [5.41, 5.74) is -0.313. The molecule has 0 saturated carbocycles. The first-order valence-corrected chi connectivity index (χ1v) is 12.6. The van der Waals surface area contributed by atoms with Crippen molar-refractivity contribution < 1.29 is 27.8 Å². The van der Waals surface area contributed by atoms with E-state index < -0.39 is 36.1 Å². The van der Waals surface area contributed by atoms with Crippen molar-refractivity contribution in [1.82, 2.24) is 34.1 Å². The van der Waals surface area contributed by atoms with Gasteiger partial charge in [-0.1, -0.05) is 11.6 Å². The molecule has 0 radical (unpaired) electrons. The fourth-order valence-corrected chi connectivity index (χ4v) is 3.81. The van der Waals surface area contributed by atoms with Crippen LogP contribution in [0.1, 0.15) is 26.6 Å². The number of rotatable bonds is 9. The molecule has 41 heavy (non-hydrogen) atoms. The summed E-state index contributed by atoms with van der Waals surface area (Å²) in [6, 6.07) is 7.60. The van der Waals surface area contributed by atoms with Crippen LogP contribution < -0.4 is 11.0 Å². The number of alkyl halides is 3. The molecule has 3 aromatic heterocycles. The molecule has 0 aliphatic heterocycles. The summed E-state index contributed by atoms with van der Waals surface area (Å²) >= 11 is 5.92. The number of nitrogens with one attached hydrogen (secondary N) is 1. The molecule has 0 aliphatic rings. The van der Waals surface area contributed by atoms with Crippen LogP contribution in [-0.2, 0) is 22.6 Å². The highest BCUT2D eigenvalue weighted by atomic mass is 35.5. The van der Waals surface area contributed by atoms with Crippen LogP contribution in [0, 0.1) is 0 Å². The number of carbonyl (C=O) groups is 1. The Kier molecular flexibility index (Phi) is 8.49. The highest BCUT2D eigenvalue weighted by Gasteiger charge is 2.39. The number of aliphatic hydroxyl groups is 1. The Morgan fingerprint density at radius 3 is 2.51 bits per heavy atom. The van der Waals surface area contributed by atoms with E-state index in [0.717, 1.165) is 9.25 Å². The van der Waals surface area contributed by atoms with Crippen molar-refractivity contribution in [2.45, 2.75) is 51.7 Å². The summed E-state index contributed by atoms with van der Waals surface area (Å²) in [6.45, 7) is 3.79. The Hall–Kier alpha value is -4.24. The molecule has 4 rings (SSSR count). The van der Waals surface area contributed by atoms with Crippen molar-refractivity contribution in [2.75, 3.05) is 11.9 Å². The zero-order valence-corrected chi connectivity index (χ0v) is 22.9. The van der Waals surface area contributed by atoms with Crippen LogP contribution in [0.4, 0.5) is 18.9 Å². The summed E-state index contributed by atoms with van der Waals surface area (Å²) < 4.78 is 47.6. The van der Waals surface area contributed by atoms with E-state index in [0.29, 0.717) is 22.0 Å². The van der Waals surface area contributed by atoms with Crippen LogP contribution in [0.2, 0.25) is 5.02 Å². The topological polar surface area (TPSA) is 142 Å². The Morgan fingerprint density at radius 2 is 1.85 bits per heavy atom. The number of hydrogen-bond acceptors (Lipinski definition) is 9. The SMILES string of the molecule is CC(C)(C)OC(=O)CNc1ccncc1-n1cnc(Cn2nc(-c3ccc(Cl)cc3)n(CC(O)C(F)(F)F)c2=O)n1. The van der Waals surface area contributed by atoms with Crippen molar-refractivity contribution in [1.29, 1.82) is 0 Å². The van der Waals surface area contributed by atoms with Gasteiger partial charge in [0, 0.05) is 16.8 Å². The van der Waals surface area contributed by atoms with Crippen LogP contribution >= 0.6 is 11.6 Å². The van der Waals surface area contributed by atoms with Crippen molar-refractivity contribution in [3.8, 4) is 17.1 Å². The first-order chi connectivity index (χ1) is 19.2. The lowest BCUT2D eigenvalue weighted by Gasteiger charge is -2.20. The zero-order chi connectivity index (χ0) is 29.9. The molecule has 4 aromatic rings. The van der Waals surface area contributed by atoms with Crippen molar-refractivity contribution in [3.63, 3.8) is 0 Å². The molecule has 218 valence electrons. The van der Waals surface area contributed by atoms with Crippen LogP contribution in [-0.4, -0.2) is 69.6 Å². The van der Waals surface area contributed by atoms with E-state index in [1.54, 1.807) is 26.8 Å². The largest absolute Gasteiger partial charge is 0.459 e. The van der Waals surface area contributed by atoms with E-state index in [1.807, 2.05) is 0 Å². The van der Waals surface area contributed by atoms with Gasteiger partial charge in [-0.2, -0.15) is 13.2 Å². The molecule has 1 aromatic carbocycles. The predicted octanol–water partition coefficient (Wildman–Crippen LogP) is 3.07. The summed E-state index contributed by atoms with van der Waals surface area (Å²) in [6.07, 6.45) is -3.40. The van der Waals surface area contributed by atoms with Gasteiger partial charge in [0.2, 0.25) is 0 Å². The molecule has 3 heterocycles. The second-order valence-corrected chi connectivity index (χ2v) is 10.3. The number of ether oxygens (including phenoxy) is 1. The van der Waals surface area contributed by atoms with E-state index in [1.165, 1.54) is 47.7 Å². The first-order valence-electron chi connectivity index (χ1n) is 12.2. The van der Waals surface area contributed by atoms with Gasteiger partial charge >= 0.3 is 17.8 Å². The number of aromatic nitrogens is 7. The summed E-state index contributed by atoms with van der Waals surface area (Å²) in [5, 5.41) is 21.5. The lowest BCUT2D eigenvalue weighted by Crippen LogP contribution is -2.37. The van der Waals surface area contributed by atoms with Gasteiger partial charge in [0.25, 0.3) is 0 Å². The maximum absolute atomic E-state index is 13.1. The van der Waals surface area contributed by atoms with Gasteiger partial charge in [-0.25, -0.2) is 19.1 Å². The van der Waals surface area contributed by atoms with Gasteiger partial charge < -0.3 is 15.2 Å². The number of aliphatic hydroxyl groups excluding tert-OH is 1. The maximum Gasteiger partial charge on any atom is 0.416 e. The minimum atomic E-state index is -4.95. The standard InChI is InChI=1S/C25H26ClF3N8O4/c1-24(2,3)41-21(39)11-31-17-8-9-30-10-18(17)37-14-32-20(33-37)13-36-23(40)35(12-19(38)25(27,28)29)22(34-36)15-4-6-16(26)7-5-15/h4-10,14,19,38H,11-13H2,1-3H3,(H,30,31). The molecule has 0 spiro atoms. The monoisotopic (exact) mass is 594 g/mol. The predicted molar refractivity (Wildman–Crippen MR) is 142 cm³/mol. The third-order valence-corrected chi connectivity index (χ3v) is 5.73. The lowest BCUT2D eigenvalue weighted by molar-refractivity contribution is -0.207. The number of benzene rings is 1. The third kappa shape index (κ3) is 7.49. The fraction of sp³-hybridized carbons (Fsp3) is 0.360. The average molecular weight is 595 g/mol. The van der Waals surface area contributed by atoms with Crippen molar-refractivity contribution in [2.24, 2.45) is 0 Å². The Labute approximate surface area is 236 Å². The van der Waals surface area contributed by atoms with E-state index in [2.05, 4.69) is 25.5 Å². The number of esters is 1. The molecular weight excluding hydrogens is 569 g/mol. The number of nitrogens with zero attached hydrogens (tertiary/aromatic N) is 7. The molecule has 0 saturated heterocycles. The fourth-order valence-electron chi connectivity index (χ4n) is 3.68. The van der Waals surface area contributed by atoms with Crippen LogP contribution in [0.15, 0.2) is 53.8 Å². The third-order valence-electron chi connectivity index (χ3n) is 5.48. The van der Waals surface area contributed by atoms with E-state index >= 15 is 0 Å². The second-order valence-electron chi connectivity index (χ2n) is 9.88. The molecule has 1 atom stereocenters. The summed E-state index contributed by atoms with van der Waals surface area (Å²) in [4.78, 5) is 33.5. The van der Waals surface area contributed by atoms with Gasteiger partial charge in [0.05, 0.1) is 18.4 Å². The minimum Gasteiger partial charge on any atom is -0.459 e. The minimum absolute atomic E-state index is 0.102. The molecule has 1 unspecified atom stereocenters. The Morgan fingerprint density at radius 1 is 1.15 bits per heavy atom. The van der Waals surface area contributed by atoms with Gasteiger partial charge in [-0.05, 0) is 51.1 Å². The van der Waals surface area contributed by atoms with Gasteiger partial charge in [0.15, 0.2) is 17.8 Å². The van der Waals surface area contributed by atoms with Crippen LogP contribution in [0.5, 0.6) is 0 Å². The van der Waals surface area contributed by atoms with E-state index in [9.17, 15) is 27.9 Å². The summed E-state index contributed by atoms with van der Waals surface area (Å²) in [5.74, 6) is -0.463. The smallest absolute Gasteiger partial charge is 0.416 e. The molecular formula is C25H26ClF3N8O4. The number of halogens is 4. The van der Waals surface area contributed by atoms with Gasteiger partial charge in [0.1, 0.15) is 30.7 Å². The van der Waals surface area contributed by atoms with Crippen LogP contribution in [0.3, 0.4) is 0 Å². The second kappa shape index (κ2) is 11.7. The maximum atomic E-state index is 13.1. The molecule has 2 N–H and O–H groups in total. The highest BCUT2D eigenvalue weighted by molar-refractivity contribution is 6.30.